The maximum absolute atomic E-state index is 12.2. The van der Waals surface area contributed by atoms with Crippen molar-refractivity contribution in [2.75, 3.05) is 7.05 Å². The summed E-state index contributed by atoms with van der Waals surface area (Å²) in [4.78, 5) is 0. The van der Waals surface area contributed by atoms with Crippen LogP contribution in [0.5, 0.6) is 5.75 Å². The lowest BCUT2D eigenvalue weighted by molar-refractivity contribution is -0.274. The molecule has 0 atom stereocenters. The topological polar surface area (TPSA) is 21.3 Å². The van der Waals surface area contributed by atoms with E-state index < -0.39 is 6.36 Å². The first-order valence-electron chi connectivity index (χ1n) is 6.18. The summed E-state index contributed by atoms with van der Waals surface area (Å²) in [5.41, 5.74) is 2.26. The Hall–Kier alpha value is -1.72. The molecule has 2 nitrogen and oxygen atoms in total. The number of benzene rings is 2. The molecule has 2 aromatic carbocycles. The number of hydrogen-bond donors (Lipinski definition) is 1. The molecular weight excluding hydrogens is 303 g/mol. The van der Waals surface area contributed by atoms with Crippen LogP contribution in [0.4, 0.5) is 13.2 Å². The van der Waals surface area contributed by atoms with Gasteiger partial charge in [-0.1, -0.05) is 35.9 Å². The zero-order valence-electron chi connectivity index (χ0n) is 11.2. The van der Waals surface area contributed by atoms with Crippen LogP contribution in [-0.2, 0) is 6.54 Å². The summed E-state index contributed by atoms with van der Waals surface area (Å²) < 4.78 is 40.6. The molecule has 0 unspecified atom stereocenters. The van der Waals surface area contributed by atoms with E-state index in [0.717, 1.165) is 11.1 Å². The molecule has 0 saturated heterocycles. The highest BCUT2D eigenvalue weighted by atomic mass is 35.5. The summed E-state index contributed by atoms with van der Waals surface area (Å²) in [6, 6.07) is 11.2. The third kappa shape index (κ3) is 4.37. The smallest absolute Gasteiger partial charge is 0.406 e. The molecule has 0 bridgehead atoms. The van der Waals surface area contributed by atoms with Crippen LogP contribution in [0.1, 0.15) is 5.56 Å². The fourth-order valence-electron chi connectivity index (χ4n) is 1.93. The molecule has 21 heavy (non-hydrogen) atoms. The maximum Gasteiger partial charge on any atom is 0.573 e. The van der Waals surface area contributed by atoms with Crippen molar-refractivity contribution in [3.8, 4) is 16.9 Å². The van der Waals surface area contributed by atoms with E-state index in [9.17, 15) is 13.2 Å². The molecule has 0 aromatic heterocycles. The Morgan fingerprint density at radius 1 is 1.10 bits per heavy atom. The van der Waals surface area contributed by atoms with Crippen molar-refractivity contribution in [2.45, 2.75) is 12.9 Å². The van der Waals surface area contributed by atoms with E-state index in [2.05, 4.69) is 10.1 Å². The van der Waals surface area contributed by atoms with Crippen LogP contribution in [0, 0.1) is 0 Å². The average molecular weight is 316 g/mol. The second-order valence-electron chi connectivity index (χ2n) is 4.41. The average Bonchev–Trinajstić information content (AvgIpc) is 2.39. The second kappa shape index (κ2) is 6.37. The molecule has 2 rings (SSSR count). The van der Waals surface area contributed by atoms with E-state index in [-0.39, 0.29) is 5.75 Å². The molecule has 0 spiro atoms. The van der Waals surface area contributed by atoms with Crippen molar-refractivity contribution in [3.05, 3.63) is 53.1 Å². The molecule has 0 radical (unpaired) electrons. The quantitative estimate of drug-likeness (QED) is 0.888. The lowest BCUT2D eigenvalue weighted by atomic mass is 10.0. The molecule has 0 fully saturated rings. The fourth-order valence-corrected chi connectivity index (χ4v) is 2.18. The van der Waals surface area contributed by atoms with Crippen LogP contribution in [0.25, 0.3) is 11.1 Å². The van der Waals surface area contributed by atoms with Gasteiger partial charge in [-0.15, -0.1) is 13.2 Å². The van der Waals surface area contributed by atoms with Gasteiger partial charge in [0.25, 0.3) is 0 Å². The van der Waals surface area contributed by atoms with E-state index >= 15 is 0 Å². The molecule has 0 saturated carbocycles. The van der Waals surface area contributed by atoms with Crippen molar-refractivity contribution in [1.29, 1.82) is 0 Å². The molecular formula is C15H13ClF3NO. The SMILES string of the molecule is CNCc1ccc(-c2cccc(OC(F)(F)F)c2)cc1Cl. The predicted octanol–water partition coefficient (Wildman–Crippen LogP) is 4.63. The third-order valence-electron chi connectivity index (χ3n) is 2.82. The highest BCUT2D eigenvalue weighted by Gasteiger charge is 2.31. The van der Waals surface area contributed by atoms with Gasteiger partial charge in [-0.25, -0.2) is 0 Å². The number of rotatable bonds is 4. The van der Waals surface area contributed by atoms with E-state index in [1.54, 1.807) is 12.1 Å². The number of hydrogen-bond acceptors (Lipinski definition) is 2. The van der Waals surface area contributed by atoms with Gasteiger partial charge in [-0.3, -0.25) is 0 Å². The normalized spacial score (nSPS) is 11.5. The van der Waals surface area contributed by atoms with Gasteiger partial charge in [0, 0.05) is 11.6 Å². The Labute approximate surface area is 125 Å². The number of alkyl halides is 3. The van der Waals surface area contributed by atoms with Gasteiger partial charge in [-0.2, -0.15) is 0 Å². The van der Waals surface area contributed by atoms with Crippen molar-refractivity contribution in [3.63, 3.8) is 0 Å². The van der Waals surface area contributed by atoms with Crippen LogP contribution in [0.15, 0.2) is 42.5 Å². The minimum Gasteiger partial charge on any atom is -0.406 e. The second-order valence-corrected chi connectivity index (χ2v) is 4.82. The van der Waals surface area contributed by atoms with Crippen LogP contribution in [-0.4, -0.2) is 13.4 Å². The van der Waals surface area contributed by atoms with Crippen molar-refractivity contribution >= 4 is 11.6 Å². The summed E-state index contributed by atoms with van der Waals surface area (Å²) in [5, 5.41) is 3.55. The molecule has 2 aromatic rings. The van der Waals surface area contributed by atoms with Gasteiger partial charge >= 0.3 is 6.36 Å². The number of nitrogens with one attached hydrogen (secondary N) is 1. The van der Waals surface area contributed by atoms with E-state index in [4.69, 9.17) is 11.6 Å². The Morgan fingerprint density at radius 3 is 2.43 bits per heavy atom. The molecule has 1 N–H and O–H groups in total. The minimum atomic E-state index is -4.70. The van der Waals surface area contributed by atoms with Crippen LogP contribution in [0.3, 0.4) is 0 Å². The zero-order chi connectivity index (χ0) is 15.5. The van der Waals surface area contributed by atoms with Crippen molar-refractivity contribution < 1.29 is 17.9 Å². The van der Waals surface area contributed by atoms with Gasteiger partial charge in [-0.05, 0) is 41.9 Å². The lowest BCUT2D eigenvalue weighted by Crippen LogP contribution is -2.17. The molecule has 6 heteroatoms. The number of ether oxygens (including phenoxy) is 1. The summed E-state index contributed by atoms with van der Waals surface area (Å²) in [6.45, 7) is 0.621. The first kappa shape index (κ1) is 15.7. The van der Waals surface area contributed by atoms with Crippen LogP contribution < -0.4 is 10.1 Å². The lowest BCUT2D eigenvalue weighted by Gasteiger charge is -2.11. The van der Waals surface area contributed by atoms with Gasteiger partial charge < -0.3 is 10.1 Å². The standard InChI is InChI=1S/C15H13ClF3NO/c1-20-9-12-6-5-11(8-14(12)16)10-3-2-4-13(7-10)21-15(17,18)19/h2-8,20H,9H2,1H3. The van der Waals surface area contributed by atoms with E-state index in [1.807, 2.05) is 19.2 Å². The first-order chi connectivity index (χ1) is 9.89. The summed E-state index contributed by atoms with van der Waals surface area (Å²) in [7, 11) is 1.81. The Balaban J connectivity index is 2.30. The minimum absolute atomic E-state index is 0.254. The zero-order valence-corrected chi connectivity index (χ0v) is 11.9. The van der Waals surface area contributed by atoms with Gasteiger partial charge in [0.15, 0.2) is 0 Å². The summed E-state index contributed by atoms with van der Waals surface area (Å²) in [5.74, 6) is -0.254. The van der Waals surface area contributed by atoms with Crippen molar-refractivity contribution in [2.24, 2.45) is 0 Å². The highest BCUT2D eigenvalue weighted by molar-refractivity contribution is 6.31. The number of halogens is 4. The van der Waals surface area contributed by atoms with Crippen LogP contribution in [0.2, 0.25) is 5.02 Å². The molecule has 0 aliphatic carbocycles. The molecule has 0 heterocycles. The third-order valence-corrected chi connectivity index (χ3v) is 3.17. The highest BCUT2D eigenvalue weighted by Crippen LogP contribution is 2.30. The van der Waals surface area contributed by atoms with Crippen molar-refractivity contribution in [1.82, 2.24) is 5.32 Å². The summed E-state index contributed by atoms with van der Waals surface area (Å²) in [6.07, 6.45) is -4.70. The monoisotopic (exact) mass is 315 g/mol. The molecule has 0 aliphatic heterocycles. The maximum atomic E-state index is 12.2. The first-order valence-corrected chi connectivity index (χ1v) is 6.56. The van der Waals surface area contributed by atoms with E-state index in [1.165, 1.54) is 18.2 Å². The molecule has 0 aliphatic rings. The van der Waals surface area contributed by atoms with Gasteiger partial charge in [0.1, 0.15) is 5.75 Å². The van der Waals surface area contributed by atoms with Gasteiger partial charge in [0.2, 0.25) is 0 Å². The molecule has 112 valence electrons. The Bertz CT molecular complexity index is 629. The Kier molecular flexibility index (Phi) is 4.75. The van der Waals surface area contributed by atoms with Gasteiger partial charge in [0.05, 0.1) is 0 Å². The fraction of sp³-hybridized carbons (Fsp3) is 0.200. The predicted molar refractivity (Wildman–Crippen MR) is 76.3 cm³/mol. The largest absolute Gasteiger partial charge is 0.573 e. The molecule has 0 amide bonds. The Morgan fingerprint density at radius 2 is 1.81 bits per heavy atom. The van der Waals surface area contributed by atoms with Crippen LogP contribution >= 0.6 is 11.6 Å². The van der Waals surface area contributed by atoms with E-state index in [0.29, 0.717) is 17.1 Å². The summed E-state index contributed by atoms with van der Waals surface area (Å²) >= 11 is 6.15.